The minimum absolute atomic E-state index is 0.0219. The normalized spacial score (nSPS) is 11.2. The van der Waals surface area contributed by atoms with Crippen molar-refractivity contribution in [1.82, 2.24) is 4.98 Å². The molecule has 8 heteroatoms. The average molecular weight is 442 g/mol. The van der Waals surface area contributed by atoms with Crippen LogP contribution in [-0.4, -0.2) is 31.1 Å². The van der Waals surface area contributed by atoms with Crippen molar-refractivity contribution in [2.45, 2.75) is 36.5 Å². The molecule has 3 rings (SSSR count). The summed E-state index contributed by atoms with van der Waals surface area (Å²) in [4.78, 5) is 15.4. The van der Waals surface area contributed by atoms with Gasteiger partial charge in [-0.2, -0.15) is 0 Å². The lowest BCUT2D eigenvalue weighted by atomic mass is 10.1. The Bertz CT molecular complexity index is 1170. The quantitative estimate of drug-likeness (QED) is 0.524. The molecule has 0 aliphatic heterocycles. The number of rotatable bonds is 9. The topological polar surface area (TPSA) is 103 Å². The van der Waals surface area contributed by atoms with Crippen LogP contribution in [0.2, 0.25) is 0 Å². The van der Waals surface area contributed by atoms with Crippen LogP contribution in [0.25, 0.3) is 0 Å². The third-order valence-electron chi connectivity index (χ3n) is 4.30. The van der Waals surface area contributed by atoms with Gasteiger partial charge in [-0.3, -0.25) is 4.79 Å². The first-order valence-corrected chi connectivity index (χ1v) is 11.2. The van der Waals surface area contributed by atoms with Gasteiger partial charge in [0.2, 0.25) is 15.7 Å². The smallest absolute Gasteiger partial charge is 0.307 e. The van der Waals surface area contributed by atoms with Crippen LogP contribution in [0.3, 0.4) is 0 Å². The molecule has 3 aromatic rings. The van der Waals surface area contributed by atoms with E-state index < -0.39 is 15.8 Å². The fourth-order valence-corrected chi connectivity index (χ4v) is 4.23. The lowest BCUT2D eigenvalue weighted by molar-refractivity contribution is -0.136. The van der Waals surface area contributed by atoms with E-state index in [0.717, 1.165) is 12.1 Å². The standard InChI is InChI=1S/C23H23NO6S/c1-3-11-29-19-12-17(14-23(25)26)13-21(15-19)31(27,28)20-9-7-18(8-10-20)30-22-6-4-5-16(2)24-22/h4-10,12-13,15H,3,11,14H2,1-2H3,(H,25,26). The Labute approximate surface area is 181 Å². The van der Waals surface area contributed by atoms with Gasteiger partial charge in [-0.15, -0.1) is 0 Å². The first-order chi connectivity index (χ1) is 14.8. The third kappa shape index (κ3) is 5.82. The largest absolute Gasteiger partial charge is 0.494 e. The molecule has 0 saturated carbocycles. The van der Waals surface area contributed by atoms with Crippen molar-refractivity contribution in [3.63, 3.8) is 0 Å². The van der Waals surface area contributed by atoms with E-state index in [4.69, 9.17) is 14.6 Å². The summed E-state index contributed by atoms with van der Waals surface area (Å²) in [6, 6.07) is 15.7. The minimum Gasteiger partial charge on any atom is -0.494 e. The molecule has 0 amide bonds. The molecule has 2 aromatic carbocycles. The zero-order chi connectivity index (χ0) is 22.4. The van der Waals surface area contributed by atoms with Gasteiger partial charge in [0.05, 0.1) is 22.8 Å². The number of hydrogen-bond donors (Lipinski definition) is 1. The molecule has 31 heavy (non-hydrogen) atoms. The predicted molar refractivity (Wildman–Crippen MR) is 115 cm³/mol. The van der Waals surface area contributed by atoms with Gasteiger partial charge in [-0.1, -0.05) is 13.0 Å². The summed E-state index contributed by atoms with van der Waals surface area (Å²) in [5.74, 6) is 0.130. The number of aromatic nitrogens is 1. The van der Waals surface area contributed by atoms with E-state index in [-0.39, 0.29) is 16.2 Å². The van der Waals surface area contributed by atoms with Crippen LogP contribution < -0.4 is 9.47 Å². The maximum absolute atomic E-state index is 13.2. The second-order valence-electron chi connectivity index (χ2n) is 6.93. The molecule has 0 aliphatic rings. The Morgan fingerprint density at radius 3 is 2.39 bits per heavy atom. The van der Waals surface area contributed by atoms with Crippen LogP contribution in [-0.2, 0) is 21.1 Å². The number of ether oxygens (including phenoxy) is 2. The Kier molecular flexibility index (Phi) is 6.91. The maximum atomic E-state index is 13.2. The maximum Gasteiger partial charge on any atom is 0.307 e. The second-order valence-corrected chi connectivity index (χ2v) is 8.88. The van der Waals surface area contributed by atoms with Gasteiger partial charge >= 0.3 is 5.97 Å². The summed E-state index contributed by atoms with van der Waals surface area (Å²) in [7, 11) is -3.89. The highest BCUT2D eigenvalue weighted by Gasteiger charge is 2.20. The van der Waals surface area contributed by atoms with E-state index in [1.165, 1.54) is 24.3 Å². The number of hydrogen-bond acceptors (Lipinski definition) is 6. The molecule has 162 valence electrons. The summed E-state index contributed by atoms with van der Waals surface area (Å²) < 4.78 is 37.5. The molecule has 1 N–H and O–H groups in total. The van der Waals surface area contributed by atoms with Crippen LogP contribution >= 0.6 is 0 Å². The number of carbonyl (C=O) groups is 1. The number of nitrogens with zero attached hydrogens (tertiary/aromatic N) is 1. The van der Waals surface area contributed by atoms with Crippen LogP contribution in [0, 0.1) is 6.92 Å². The number of carboxylic acid groups (broad SMARTS) is 1. The van der Waals surface area contributed by atoms with Crippen LogP contribution in [0.4, 0.5) is 0 Å². The van der Waals surface area contributed by atoms with Crippen molar-refractivity contribution < 1.29 is 27.8 Å². The Hall–Kier alpha value is -3.39. The fraction of sp³-hybridized carbons (Fsp3) is 0.217. The highest BCUT2D eigenvalue weighted by atomic mass is 32.2. The van der Waals surface area contributed by atoms with Crippen molar-refractivity contribution in [3.8, 4) is 17.4 Å². The molecule has 7 nitrogen and oxygen atoms in total. The van der Waals surface area contributed by atoms with Crippen molar-refractivity contribution >= 4 is 15.8 Å². The molecular formula is C23H23NO6S. The lowest BCUT2D eigenvalue weighted by Gasteiger charge is -2.12. The monoisotopic (exact) mass is 441 g/mol. The van der Waals surface area contributed by atoms with Crippen LogP contribution in [0.15, 0.2) is 70.5 Å². The van der Waals surface area contributed by atoms with Crippen molar-refractivity contribution in [2.75, 3.05) is 6.61 Å². The van der Waals surface area contributed by atoms with E-state index in [2.05, 4.69) is 4.98 Å². The van der Waals surface area contributed by atoms with E-state index in [1.54, 1.807) is 24.3 Å². The molecular weight excluding hydrogens is 418 g/mol. The number of benzene rings is 2. The van der Waals surface area contributed by atoms with Crippen molar-refractivity contribution in [1.29, 1.82) is 0 Å². The van der Waals surface area contributed by atoms with E-state index in [1.807, 2.05) is 26.0 Å². The van der Waals surface area contributed by atoms with Crippen molar-refractivity contribution in [3.05, 3.63) is 71.9 Å². The molecule has 0 saturated heterocycles. The van der Waals surface area contributed by atoms with Gasteiger partial charge in [-0.25, -0.2) is 13.4 Å². The van der Waals surface area contributed by atoms with Gasteiger partial charge in [0.15, 0.2) is 0 Å². The SMILES string of the molecule is CCCOc1cc(CC(=O)O)cc(S(=O)(=O)c2ccc(Oc3cccc(C)n3)cc2)c1. The average Bonchev–Trinajstić information content (AvgIpc) is 2.72. The molecule has 1 aromatic heterocycles. The van der Waals surface area contributed by atoms with E-state index in [9.17, 15) is 13.2 Å². The highest BCUT2D eigenvalue weighted by Crippen LogP contribution is 2.29. The predicted octanol–water partition coefficient (Wildman–Crippen LogP) is 4.43. The van der Waals surface area contributed by atoms with Gasteiger partial charge in [-0.05, 0) is 67.4 Å². The van der Waals surface area contributed by atoms with Crippen molar-refractivity contribution in [2.24, 2.45) is 0 Å². The van der Waals surface area contributed by atoms with Gasteiger partial charge in [0.1, 0.15) is 11.5 Å². The summed E-state index contributed by atoms with van der Waals surface area (Å²) in [6.07, 6.45) is 0.435. The zero-order valence-corrected chi connectivity index (χ0v) is 18.1. The molecule has 0 atom stereocenters. The van der Waals surface area contributed by atoms with Gasteiger partial charge in [0, 0.05) is 11.8 Å². The zero-order valence-electron chi connectivity index (χ0n) is 17.2. The summed E-state index contributed by atoms with van der Waals surface area (Å²) >= 11 is 0. The summed E-state index contributed by atoms with van der Waals surface area (Å²) in [5, 5.41) is 9.10. The number of pyridine rings is 1. The molecule has 1 heterocycles. The molecule has 0 unspecified atom stereocenters. The molecule has 0 spiro atoms. The highest BCUT2D eigenvalue weighted by molar-refractivity contribution is 7.91. The summed E-state index contributed by atoms with van der Waals surface area (Å²) in [5.41, 5.74) is 1.16. The van der Waals surface area contributed by atoms with E-state index >= 15 is 0 Å². The second kappa shape index (κ2) is 9.61. The number of aryl methyl sites for hydroxylation is 1. The first kappa shape index (κ1) is 22.3. The third-order valence-corrected chi connectivity index (χ3v) is 6.05. The molecule has 0 bridgehead atoms. The van der Waals surface area contributed by atoms with Gasteiger partial charge in [0.25, 0.3) is 0 Å². The van der Waals surface area contributed by atoms with Gasteiger partial charge < -0.3 is 14.6 Å². The minimum atomic E-state index is -3.89. The number of sulfone groups is 1. The molecule has 0 radical (unpaired) electrons. The van der Waals surface area contributed by atoms with Crippen LogP contribution in [0.1, 0.15) is 24.6 Å². The fourth-order valence-electron chi connectivity index (χ4n) is 2.88. The Morgan fingerprint density at radius 1 is 1.00 bits per heavy atom. The molecule has 0 fully saturated rings. The lowest BCUT2D eigenvalue weighted by Crippen LogP contribution is -2.07. The van der Waals surface area contributed by atoms with E-state index in [0.29, 0.717) is 29.5 Å². The van der Waals surface area contributed by atoms with Crippen LogP contribution in [0.5, 0.6) is 17.4 Å². The Morgan fingerprint density at radius 2 is 1.74 bits per heavy atom. The molecule has 0 aliphatic carbocycles. The first-order valence-electron chi connectivity index (χ1n) is 9.73. The number of aliphatic carboxylic acids is 1. The Balaban J connectivity index is 1.90. The number of carboxylic acids is 1. The summed E-state index contributed by atoms with van der Waals surface area (Å²) in [6.45, 7) is 4.17.